The van der Waals surface area contributed by atoms with Gasteiger partial charge in [0.15, 0.2) is 23.3 Å². The van der Waals surface area contributed by atoms with Gasteiger partial charge in [-0.3, -0.25) is 0 Å². The molecule has 17 heavy (non-hydrogen) atoms. The molecule has 86 valence electrons. The molecular formula is C8F4MgO4. The van der Waals surface area contributed by atoms with E-state index in [1.54, 1.807) is 0 Å². The molecule has 0 unspecified atom stereocenters. The van der Waals surface area contributed by atoms with Crippen molar-refractivity contribution < 1.29 is 37.4 Å². The first kappa shape index (κ1) is 15.6. The van der Waals surface area contributed by atoms with Crippen molar-refractivity contribution in [3.05, 3.63) is 34.4 Å². The SMILES string of the molecule is O=C([O-])c1c(F)c(F)c(F)c(F)c1C(=O)[O-].[Mg+2]. The number of carbonyl (C=O) groups excluding carboxylic acids is 2. The maximum atomic E-state index is 12.8. The molecule has 0 aliphatic rings. The standard InChI is InChI=1S/C8H2F4O4.Mg/c9-3-1(7(13)14)2(8(15)16)4(10)6(12)5(3)11;/h(H,13,14)(H,15,16);/q;+2/p-2. The molecule has 1 aromatic carbocycles. The first-order valence-electron chi connectivity index (χ1n) is 3.57. The number of rotatable bonds is 2. The van der Waals surface area contributed by atoms with Gasteiger partial charge >= 0.3 is 23.1 Å². The van der Waals surface area contributed by atoms with Crippen LogP contribution in [0.5, 0.6) is 0 Å². The smallest absolute Gasteiger partial charge is 0.545 e. The molecule has 0 saturated heterocycles. The molecule has 0 atom stereocenters. The van der Waals surface area contributed by atoms with Crippen molar-refractivity contribution in [2.45, 2.75) is 0 Å². The monoisotopic (exact) mass is 260 g/mol. The molecule has 4 nitrogen and oxygen atoms in total. The molecule has 0 radical (unpaired) electrons. The van der Waals surface area contributed by atoms with Crippen LogP contribution in [0.1, 0.15) is 20.7 Å². The van der Waals surface area contributed by atoms with E-state index in [2.05, 4.69) is 0 Å². The quantitative estimate of drug-likeness (QED) is 0.283. The topological polar surface area (TPSA) is 80.3 Å². The van der Waals surface area contributed by atoms with Crippen molar-refractivity contribution in [2.75, 3.05) is 0 Å². The normalized spacial score (nSPS) is 9.65. The van der Waals surface area contributed by atoms with Crippen molar-refractivity contribution in [3.63, 3.8) is 0 Å². The third-order valence-corrected chi connectivity index (χ3v) is 1.68. The van der Waals surface area contributed by atoms with E-state index < -0.39 is 46.3 Å². The molecule has 0 N–H and O–H groups in total. The number of halogens is 4. The minimum absolute atomic E-state index is 0. The number of benzene rings is 1. The van der Waals surface area contributed by atoms with Gasteiger partial charge in [-0.15, -0.1) is 0 Å². The molecule has 9 heteroatoms. The van der Waals surface area contributed by atoms with E-state index in [1.165, 1.54) is 0 Å². The number of carboxylic acids is 2. The van der Waals surface area contributed by atoms with E-state index in [0.717, 1.165) is 0 Å². The summed E-state index contributed by atoms with van der Waals surface area (Å²) < 4.78 is 50.8. The summed E-state index contributed by atoms with van der Waals surface area (Å²) in [6.45, 7) is 0. The van der Waals surface area contributed by atoms with Crippen molar-refractivity contribution >= 4 is 35.0 Å². The summed E-state index contributed by atoms with van der Waals surface area (Å²) in [7, 11) is 0. The van der Waals surface area contributed by atoms with E-state index in [1.807, 2.05) is 0 Å². The Morgan fingerprint density at radius 1 is 0.706 bits per heavy atom. The summed E-state index contributed by atoms with van der Waals surface area (Å²) in [6.07, 6.45) is 0. The Bertz CT molecular complexity index is 458. The number of hydrogen-bond acceptors (Lipinski definition) is 4. The zero-order valence-corrected chi connectivity index (χ0v) is 9.27. The van der Waals surface area contributed by atoms with E-state index in [9.17, 15) is 37.4 Å². The van der Waals surface area contributed by atoms with E-state index in [0.29, 0.717) is 0 Å². The maximum absolute atomic E-state index is 12.8. The van der Waals surface area contributed by atoms with E-state index in [4.69, 9.17) is 0 Å². The van der Waals surface area contributed by atoms with Gasteiger partial charge in [-0.2, -0.15) is 0 Å². The van der Waals surface area contributed by atoms with Crippen LogP contribution in [0, 0.1) is 23.3 Å². The van der Waals surface area contributed by atoms with Crippen LogP contribution in [0.2, 0.25) is 0 Å². The fraction of sp³-hybridized carbons (Fsp3) is 0. The number of hydrogen-bond donors (Lipinski definition) is 0. The van der Waals surface area contributed by atoms with Gasteiger partial charge < -0.3 is 19.8 Å². The van der Waals surface area contributed by atoms with Crippen LogP contribution in [-0.4, -0.2) is 35.0 Å². The van der Waals surface area contributed by atoms with Crippen LogP contribution in [0.25, 0.3) is 0 Å². The van der Waals surface area contributed by atoms with Crippen molar-refractivity contribution in [1.82, 2.24) is 0 Å². The molecule has 1 rings (SSSR count). The molecule has 1 aromatic rings. The summed E-state index contributed by atoms with van der Waals surface area (Å²) in [5, 5.41) is 20.5. The van der Waals surface area contributed by atoms with Gasteiger partial charge in [0.05, 0.1) is 11.9 Å². The second-order valence-corrected chi connectivity index (χ2v) is 2.58. The second-order valence-electron chi connectivity index (χ2n) is 2.58. The fourth-order valence-electron chi connectivity index (χ4n) is 1.02. The predicted molar refractivity (Wildman–Crippen MR) is 40.7 cm³/mol. The number of carboxylic acid groups (broad SMARTS) is 2. The van der Waals surface area contributed by atoms with Crippen LogP contribution < -0.4 is 10.2 Å². The van der Waals surface area contributed by atoms with Crippen molar-refractivity contribution in [3.8, 4) is 0 Å². The summed E-state index contributed by atoms with van der Waals surface area (Å²) in [6, 6.07) is 0. The van der Waals surface area contributed by atoms with Crippen LogP contribution in [-0.2, 0) is 0 Å². The average molecular weight is 260 g/mol. The van der Waals surface area contributed by atoms with Crippen LogP contribution in [0.3, 0.4) is 0 Å². The van der Waals surface area contributed by atoms with Crippen LogP contribution in [0.15, 0.2) is 0 Å². The number of aromatic carboxylic acids is 2. The Balaban J connectivity index is 0.00000256. The third-order valence-electron chi connectivity index (χ3n) is 1.68. The van der Waals surface area contributed by atoms with Gasteiger partial charge in [0.1, 0.15) is 0 Å². The van der Waals surface area contributed by atoms with Crippen LogP contribution >= 0.6 is 0 Å². The van der Waals surface area contributed by atoms with Gasteiger partial charge in [0.2, 0.25) is 0 Å². The second kappa shape index (κ2) is 5.32. The Hall–Kier alpha value is -1.35. The Kier molecular flexibility index (Phi) is 4.89. The summed E-state index contributed by atoms with van der Waals surface area (Å²) >= 11 is 0. The molecule has 0 heterocycles. The largest absolute Gasteiger partial charge is 2.00 e. The van der Waals surface area contributed by atoms with Crippen LogP contribution in [0.4, 0.5) is 17.6 Å². The Morgan fingerprint density at radius 3 is 1.12 bits per heavy atom. The van der Waals surface area contributed by atoms with Crippen molar-refractivity contribution in [1.29, 1.82) is 0 Å². The molecular weight excluding hydrogens is 260 g/mol. The zero-order valence-electron chi connectivity index (χ0n) is 7.85. The molecule has 0 fully saturated rings. The summed E-state index contributed by atoms with van der Waals surface area (Å²) in [5.41, 5.74) is -3.87. The van der Waals surface area contributed by atoms with E-state index >= 15 is 0 Å². The average Bonchev–Trinajstić information content (AvgIpc) is 2.18. The zero-order chi connectivity index (χ0) is 12.6. The molecule has 0 saturated carbocycles. The molecule has 0 amide bonds. The molecule has 0 aromatic heterocycles. The predicted octanol–water partition coefficient (Wildman–Crippen LogP) is -1.41. The molecule has 0 spiro atoms. The fourth-order valence-corrected chi connectivity index (χ4v) is 1.02. The molecule has 0 bridgehead atoms. The molecule has 0 aliphatic heterocycles. The minimum Gasteiger partial charge on any atom is -0.545 e. The Morgan fingerprint density at radius 2 is 0.941 bits per heavy atom. The van der Waals surface area contributed by atoms with Crippen molar-refractivity contribution in [2.24, 2.45) is 0 Å². The van der Waals surface area contributed by atoms with Gasteiger partial charge in [0, 0.05) is 11.1 Å². The van der Waals surface area contributed by atoms with Gasteiger partial charge in [-0.05, 0) is 0 Å². The molecule has 0 aliphatic carbocycles. The summed E-state index contributed by atoms with van der Waals surface area (Å²) in [5.74, 6) is -14.6. The first-order chi connectivity index (χ1) is 7.29. The maximum Gasteiger partial charge on any atom is 2.00 e. The van der Waals surface area contributed by atoms with E-state index in [-0.39, 0.29) is 23.1 Å². The number of carbonyl (C=O) groups is 2. The van der Waals surface area contributed by atoms with Gasteiger partial charge in [-0.1, -0.05) is 0 Å². The first-order valence-corrected chi connectivity index (χ1v) is 3.57. The van der Waals surface area contributed by atoms with Gasteiger partial charge in [0.25, 0.3) is 0 Å². The minimum atomic E-state index is -2.51. The van der Waals surface area contributed by atoms with Gasteiger partial charge in [-0.25, -0.2) is 17.6 Å². The summed E-state index contributed by atoms with van der Waals surface area (Å²) in [4.78, 5) is 20.5. The third kappa shape index (κ3) is 2.49. The Labute approximate surface area is 107 Å².